The predicted octanol–water partition coefficient (Wildman–Crippen LogP) is 4.06. The first-order chi connectivity index (χ1) is 23.9. The molecule has 0 aliphatic carbocycles. The molecule has 50 heavy (non-hydrogen) atoms. The molecule has 264 valence electrons. The topological polar surface area (TPSA) is 165 Å². The predicted molar refractivity (Wildman–Crippen MR) is 196 cm³/mol. The molecule has 4 heterocycles. The molecule has 4 atom stereocenters. The largest absolute Gasteiger partial charge is 0.468 e. The van der Waals surface area contributed by atoms with E-state index in [0.29, 0.717) is 52.8 Å². The maximum Gasteiger partial charge on any atom is 0.323 e. The third-order valence-electron chi connectivity index (χ3n) is 9.54. The molecule has 3 N–H and O–H groups in total. The molecular weight excluding hydrogens is 704 g/mol. The van der Waals surface area contributed by atoms with Crippen LogP contribution in [-0.2, 0) is 25.7 Å². The number of fused-ring (bicyclic) bond motifs is 1. The van der Waals surface area contributed by atoms with Crippen LogP contribution in [0.4, 0.5) is 5.82 Å². The van der Waals surface area contributed by atoms with Crippen LogP contribution in [-0.4, -0.2) is 99.7 Å². The van der Waals surface area contributed by atoms with Gasteiger partial charge >= 0.3 is 5.97 Å². The van der Waals surface area contributed by atoms with Gasteiger partial charge in [-0.2, -0.15) is 5.10 Å². The van der Waals surface area contributed by atoms with Crippen molar-refractivity contribution in [2.24, 2.45) is 16.6 Å². The summed E-state index contributed by atoms with van der Waals surface area (Å²) < 4.78 is 7.16. The second-order valence-electron chi connectivity index (χ2n) is 12.8. The minimum absolute atomic E-state index is 0.206. The van der Waals surface area contributed by atoms with E-state index in [0.717, 1.165) is 23.1 Å². The lowest BCUT2D eigenvalue weighted by molar-refractivity contribution is -0.146. The molecule has 2 fully saturated rings. The fraction of sp³-hybridized carbons (Fsp3) is 0.417. The van der Waals surface area contributed by atoms with E-state index < -0.39 is 12.1 Å². The van der Waals surface area contributed by atoms with E-state index in [2.05, 4.69) is 47.8 Å². The number of rotatable bonds is 11. The van der Waals surface area contributed by atoms with Crippen LogP contribution in [0.25, 0.3) is 16.5 Å². The third kappa shape index (κ3) is 7.26. The average molecular weight is 748 g/mol. The van der Waals surface area contributed by atoms with Gasteiger partial charge in [-0.05, 0) is 96.4 Å². The monoisotopic (exact) mass is 746 g/mol. The SMILES string of the molecule is C=C[C@@H]1[C@@H](CN2CCC[C@H]2C(=O)OC)C[C@@H](C(=O)Nc2nc(Br)ccc2C)N1C(=O)Cn1nc(C(C)=O)c2cc(C(C=NC)=CN)cc(C)c21. The molecule has 0 saturated carbocycles. The summed E-state index contributed by atoms with van der Waals surface area (Å²) in [7, 11) is 3.03. The number of aromatic nitrogens is 3. The highest BCUT2D eigenvalue weighted by Gasteiger charge is 2.47. The number of aryl methyl sites for hydroxylation is 2. The van der Waals surface area contributed by atoms with Crippen LogP contribution in [0.15, 0.2) is 52.7 Å². The first kappa shape index (κ1) is 36.6. The van der Waals surface area contributed by atoms with Gasteiger partial charge in [0.15, 0.2) is 5.78 Å². The van der Waals surface area contributed by atoms with Gasteiger partial charge in [0.25, 0.3) is 0 Å². The normalized spacial score (nSPS) is 21.2. The number of Topliss-reactive ketones (excluding diaryl/α,β-unsaturated/α-hetero) is 1. The number of pyridine rings is 1. The summed E-state index contributed by atoms with van der Waals surface area (Å²) in [6.07, 6.45) is 6.62. The molecule has 13 nitrogen and oxygen atoms in total. The van der Waals surface area contributed by atoms with E-state index in [-0.39, 0.29) is 47.8 Å². The van der Waals surface area contributed by atoms with Gasteiger partial charge in [-0.3, -0.25) is 33.8 Å². The lowest BCUT2D eigenvalue weighted by Crippen LogP contribution is -2.49. The number of nitrogens with two attached hydrogens (primary N) is 1. The highest BCUT2D eigenvalue weighted by Crippen LogP contribution is 2.35. The zero-order valence-electron chi connectivity index (χ0n) is 29.0. The van der Waals surface area contributed by atoms with Gasteiger partial charge in [0.2, 0.25) is 11.8 Å². The number of ether oxygens (including phenoxy) is 1. The zero-order chi connectivity index (χ0) is 36.3. The van der Waals surface area contributed by atoms with Gasteiger partial charge in [0, 0.05) is 43.9 Å². The van der Waals surface area contributed by atoms with Crippen molar-refractivity contribution in [2.45, 2.75) is 64.7 Å². The number of amides is 2. The van der Waals surface area contributed by atoms with E-state index in [1.807, 2.05) is 32.0 Å². The number of anilines is 1. The summed E-state index contributed by atoms with van der Waals surface area (Å²) in [5, 5.41) is 8.14. The maximum atomic E-state index is 14.5. The molecule has 0 radical (unpaired) electrons. The van der Waals surface area contributed by atoms with Crippen LogP contribution in [0.2, 0.25) is 0 Å². The molecule has 2 saturated heterocycles. The molecule has 1 aromatic carbocycles. The number of likely N-dealkylation sites (tertiary alicyclic amines) is 2. The number of nitrogens with one attached hydrogen (secondary N) is 1. The minimum atomic E-state index is -0.873. The number of aliphatic imine (C=N–C) groups is 1. The summed E-state index contributed by atoms with van der Waals surface area (Å²) in [5.74, 6) is -1.13. The van der Waals surface area contributed by atoms with Crippen molar-refractivity contribution < 1.29 is 23.9 Å². The molecule has 2 amide bonds. The Morgan fingerprint density at radius 2 is 1.94 bits per heavy atom. The molecule has 5 rings (SSSR count). The van der Waals surface area contributed by atoms with E-state index >= 15 is 0 Å². The molecule has 0 spiro atoms. The summed E-state index contributed by atoms with van der Waals surface area (Å²) in [6, 6.07) is 5.57. The van der Waals surface area contributed by atoms with Crippen LogP contribution >= 0.6 is 15.9 Å². The number of carbonyl (C=O) groups is 4. The number of nitrogens with zero attached hydrogens (tertiary/aromatic N) is 6. The number of carbonyl (C=O) groups excluding carboxylic acids is 4. The van der Waals surface area contributed by atoms with Gasteiger partial charge in [-0.25, -0.2) is 4.98 Å². The Kier molecular flexibility index (Phi) is 11.3. The van der Waals surface area contributed by atoms with Crippen LogP contribution in [0.5, 0.6) is 0 Å². The van der Waals surface area contributed by atoms with Gasteiger partial charge in [-0.1, -0.05) is 12.1 Å². The van der Waals surface area contributed by atoms with Crippen molar-refractivity contribution in [2.75, 3.05) is 32.6 Å². The number of hydrogen-bond donors (Lipinski definition) is 2. The highest BCUT2D eigenvalue weighted by molar-refractivity contribution is 9.10. The zero-order valence-corrected chi connectivity index (χ0v) is 30.6. The Morgan fingerprint density at radius 1 is 1.18 bits per heavy atom. The van der Waals surface area contributed by atoms with Crippen LogP contribution in [0.3, 0.4) is 0 Å². The third-order valence-corrected chi connectivity index (χ3v) is 9.98. The second kappa shape index (κ2) is 15.5. The molecule has 0 bridgehead atoms. The van der Waals surface area contributed by atoms with E-state index in [9.17, 15) is 19.2 Å². The summed E-state index contributed by atoms with van der Waals surface area (Å²) >= 11 is 3.37. The van der Waals surface area contributed by atoms with Crippen molar-refractivity contribution >= 4 is 68.0 Å². The first-order valence-corrected chi connectivity index (χ1v) is 17.3. The number of benzene rings is 1. The second-order valence-corrected chi connectivity index (χ2v) is 13.6. The smallest absolute Gasteiger partial charge is 0.323 e. The molecule has 3 aromatic rings. The molecule has 0 unspecified atom stereocenters. The number of methoxy groups -OCH3 is 1. The van der Waals surface area contributed by atoms with Crippen molar-refractivity contribution in [3.05, 3.63) is 70.1 Å². The maximum absolute atomic E-state index is 14.5. The minimum Gasteiger partial charge on any atom is -0.468 e. The van der Waals surface area contributed by atoms with Crippen LogP contribution in [0, 0.1) is 19.8 Å². The number of hydrogen-bond acceptors (Lipinski definition) is 10. The Bertz CT molecular complexity index is 1900. The average Bonchev–Trinajstić information content (AvgIpc) is 3.80. The van der Waals surface area contributed by atoms with Gasteiger partial charge in [-0.15, -0.1) is 6.58 Å². The Balaban J connectivity index is 1.53. The van der Waals surface area contributed by atoms with E-state index in [1.165, 1.54) is 24.9 Å². The quantitative estimate of drug-likeness (QED) is 0.0968. The van der Waals surface area contributed by atoms with E-state index in [1.54, 1.807) is 30.3 Å². The van der Waals surface area contributed by atoms with Gasteiger partial charge < -0.3 is 20.7 Å². The Morgan fingerprint density at radius 3 is 2.60 bits per heavy atom. The first-order valence-electron chi connectivity index (χ1n) is 16.5. The fourth-order valence-corrected chi connectivity index (χ4v) is 7.56. The highest BCUT2D eigenvalue weighted by atomic mass is 79.9. The lowest BCUT2D eigenvalue weighted by atomic mass is 9.97. The van der Waals surface area contributed by atoms with Gasteiger partial charge in [0.05, 0.1) is 18.7 Å². The molecular formula is C36H43BrN8O5. The summed E-state index contributed by atoms with van der Waals surface area (Å²) in [4.78, 5) is 66.2. The van der Waals surface area contributed by atoms with Crippen molar-refractivity contribution in [1.29, 1.82) is 0 Å². The van der Waals surface area contributed by atoms with Crippen LogP contribution in [0.1, 0.15) is 53.4 Å². The lowest BCUT2D eigenvalue weighted by Gasteiger charge is -2.31. The standard InChI is InChI=1S/C36H43BrN8O5/c1-7-27-24(18-43-12-8-9-28(43)36(49)50-6)15-29(35(48)41-34-20(2)10-11-30(37)40-34)45(27)31(47)19-44-33-21(3)13-23(25(16-38)17-39-5)14-26(33)32(42-44)22(4)46/h7,10-11,13-14,16-17,24,27-29H,1,8-9,12,15,18-19,38H2,2-6H3,(H,40,41,48)/t24-,27-,28+,29+/m1/s1. The number of halogens is 1. The molecule has 2 aliphatic rings. The molecule has 2 aromatic heterocycles. The Labute approximate surface area is 299 Å². The van der Waals surface area contributed by atoms with Crippen molar-refractivity contribution in [3.63, 3.8) is 0 Å². The summed E-state index contributed by atoms with van der Waals surface area (Å²) in [5.41, 5.74) is 9.69. The van der Waals surface area contributed by atoms with E-state index in [4.69, 9.17) is 10.5 Å². The Hall–Kier alpha value is -4.69. The number of allylic oxidation sites excluding steroid dienone is 1. The van der Waals surface area contributed by atoms with Crippen molar-refractivity contribution in [1.82, 2.24) is 24.6 Å². The molecule has 2 aliphatic heterocycles. The molecule has 14 heteroatoms. The van der Waals surface area contributed by atoms with Gasteiger partial charge in [0.1, 0.15) is 34.7 Å². The number of ketones is 1. The number of esters is 1. The fourth-order valence-electron chi connectivity index (χ4n) is 7.25. The van der Waals surface area contributed by atoms with Crippen molar-refractivity contribution in [3.8, 4) is 0 Å². The summed E-state index contributed by atoms with van der Waals surface area (Å²) in [6.45, 7) is 10.2. The van der Waals surface area contributed by atoms with Crippen LogP contribution < -0.4 is 11.1 Å².